The molecule has 2 amide bonds. The summed E-state index contributed by atoms with van der Waals surface area (Å²) < 4.78 is 25.6. The molecule has 0 aromatic heterocycles. The van der Waals surface area contributed by atoms with Crippen LogP contribution in [0.15, 0.2) is 23.1 Å². The summed E-state index contributed by atoms with van der Waals surface area (Å²) in [5.41, 5.74) is -0.854. The van der Waals surface area contributed by atoms with E-state index >= 15 is 0 Å². The highest BCUT2D eigenvalue weighted by Crippen LogP contribution is 2.36. The van der Waals surface area contributed by atoms with Crippen LogP contribution in [0.25, 0.3) is 0 Å². The minimum atomic E-state index is -3.95. The molecule has 3 rings (SSSR count). The Bertz CT molecular complexity index is 902. The van der Waals surface area contributed by atoms with Gasteiger partial charge in [0, 0.05) is 18.7 Å². The fourth-order valence-electron chi connectivity index (χ4n) is 3.78. The summed E-state index contributed by atoms with van der Waals surface area (Å²) in [6.45, 7) is 1.56. The average molecular weight is 394 g/mol. The third-order valence-electron chi connectivity index (χ3n) is 5.41. The molecule has 27 heavy (non-hydrogen) atoms. The lowest BCUT2D eigenvalue weighted by Gasteiger charge is -2.33. The van der Waals surface area contributed by atoms with Crippen molar-refractivity contribution < 1.29 is 27.9 Å². The van der Waals surface area contributed by atoms with E-state index in [9.17, 15) is 27.9 Å². The van der Waals surface area contributed by atoms with Crippen LogP contribution in [0.3, 0.4) is 0 Å². The average Bonchev–Trinajstić information content (AvgIpc) is 2.85. The van der Waals surface area contributed by atoms with E-state index in [0.29, 0.717) is 12.8 Å². The van der Waals surface area contributed by atoms with Gasteiger partial charge in [-0.3, -0.25) is 14.4 Å². The molecule has 1 aliphatic carbocycles. The third-order valence-corrected chi connectivity index (χ3v) is 7.31. The standard InChI is InChI=1S/C18H22N2O6S/c1-2-20-16(22)13-7-6-12(10-14(13)27(20,25)26)15(21)19-11-18(17(23)24)8-4-3-5-9-18/h6-7,10H,2-5,8-9,11H2,1H3,(H,19,21)(H,23,24). The molecule has 2 aliphatic rings. The summed E-state index contributed by atoms with van der Waals surface area (Å²) in [6, 6.07) is 3.89. The number of amides is 2. The third kappa shape index (κ3) is 3.20. The van der Waals surface area contributed by atoms with Gasteiger partial charge in [-0.15, -0.1) is 0 Å². The van der Waals surface area contributed by atoms with Crippen molar-refractivity contribution in [1.29, 1.82) is 0 Å². The maximum Gasteiger partial charge on any atom is 0.311 e. The molecule has 1 fully saturated rings. The van der Waals surface area contributed by atoms with Crippen molar-refractivity contribution in [2.45, 2.75) is 43.9 Å². The molecule has 0 bridgehead atoms. The zero-order chi connectivity index (χ0) is 19.8. The monoisotopic (exact) mass is 394 g/mol. The highest BCUT2D eigenvalue weighted by Gasteiger charge is 2.41. The molecule has 1 aromatic carbocycles. The highest BCUT2D eigenvalue weighted by molar-refractivity contribution is 7.90. The lowest BCUT2D eigenvalue weighted by Crippen LogP contribution is -2.44. The molecule has 8 nitrogen and oxygen atoms in total. The number of rotatable bonds is 5. The van der Waals surface area contributed by atoms with Gasteiger partial charge in [0.25, 0.3) is 21.8 Å². The van der Waals surface area contributed by atoms with Crippen LogP contribution < -0.4 is 5.32 Å². The Morgan fingerprint density at radius 1 is 1.22 bits per heavy atom. The van der Waals surface area contributed by atoms with E-state index in [0.717, 1.165) is 23.6 Å². The molecule has 2 N–H and O–H groups in total. The van der Waals surface area contributed by atoms with E-state index in [1.807, 2.05) is 0 Å². The van der Waals surface area contributed by atoms with Crippen LogP contribution in [0.2, 0.25) is 0 Å². The maximum absolute atomic E-state index is 12.5. The van der Waals surface area contributed by atoms with Gasteiger partial charge in [-0.2, -0.15) is 0 Å². The Labute approximate surface area is 157 Å². The molecule has 1 aromatic rings. The smallest absolute Gasteiger partial charge is 0.311 e. The van der Waals surface area contributed by atoms with E-state index in [1.54, 1.807) is 6.92 Å². The van der Waals surface area contributed by atoms with Crippen LogP contribution >= 0.6 is 0 Å². The molecule has 0 saturated heterocycles. The number of carboxylic acids is 1. The molecule has 0 unspecified atom stereocenters. The number of benzene rings is 1. The first-order valence-electron chi connectivity index (χ1n) is 8.96. The van der Waals surface area contributed by atoms with Crippen LogP contribution in [0, 0.1) is 5.41 Å². The molecule has 1 saturated carbocycles. The van der Waals surface area contributed by atoms with Crippen molar-refractivity contribution in [3.63, 3.8) is 0 Å². The predicted molar refractivity (Wildman–Crippen MR) is 95.8 cm³/mol. The van der Waals surface area contributed by atoms with Gasteiger partial charge in [0.05, 0.1) is 11.0 Å². The van der Waals surface area contributed by atoms with Crippen molar-refractivity contribution in [3.05, 3.63) is 29.3 Å². The summed E-state index contributed by atoms with van der Waals surface area (Å²) in [7, 11) is -3.95. The number of sulfonamides is 1. The molecule has 1 aliphatic heterocycles. The van der Waals surface area contributed by atoms with Gasteiger partial charge in [0.1, 0.15) is 4.90 Å². The number of aliphatic carboxylic acids is 1. The first-order valence-corrected chi connectivity index (χ1v) is 10.4. The number of hydrogen-bond donors (Lipinski definition) is 2. The fraction of sp³-hybridized carbons (Fsp3) is 0.500. The topological polar surface area (TPSA) is 121 Å². The molecule has 1 heterocycles. The number of nitrogens with zero attached hydrogens (tertiary/aromatic N) is 1. The van der Waals surface area contributed by atoms with Gasteiger partial charge in [0.15, 0.2) is 0 Å². The Balaban J connectivity index is 1.81. The van der Waals surface area contributed by atoms with Crippen molar-refractivity contribution in [3.8, 4) is 0 Å². The van der Waals surface area contributed by atoms with E-state index < -0.39 is 33.2 Å². The van der Waals surface area contributed by atoms with E-state index in [1.165, 1.54) is 18.2 Å². The second-order valence-electron chi connectivity index (χ2n) is 7.01. The summed E-state index contributed by atoms with van der Waals surface area (Å²) in [6.07, 6.45) is 3.58. The minimum Gasteiger partial charge on any atom is -0.481 e. The maximum atomic E-state index is 12.5. The Hall–Kier alpha value is -2.42. The van der Waals surface area contributed by atoms with Gasteiger partial charge in [-0.25, -0.2) is 12.7 Å². The number of carboxylic acid groups (broad SMARTS) is 1. The minimum absolute atomic E-state index is 0.00891. The largest absolute Gasteiger partial charge is 0.481 e. The van der Waals surface area contributed by atoms with E-state index in [2.05, 4.69) is 5.32 Å². The fourth-order valence-corrected chi connectivity index (χ4v) is 5.38. The quantitative estimate of drug-likeness (QED) is 0.783. The number of carbonyl (C=O) groups is 3. The van der Waals surface area contributed by atoms with Gasteiger partial charge < -0.3 is 10.4 Å². The SMILES string of the molecule is CCN1C(=O)c2ccc(C(=O)NCC3(C(=O)O)CCCCC3)cc2S1(=O)=O. The first kappa shape index (κ1) is 19.3. The summed E-state index contributed by atoms with van der Waals surface area (Å²) in [5.74, 6) is -2.09. The first-order chi connectivity index (χ1) is 12.7. The Kier molecular flexibility index (Phi) is 4.98. The summed E-state index contributed by atoms with van der Waals surface area (Å²) >= 11 is 0. The van der Waals surface area contributed by atoms with Crippen molar-refractivity contribution in [2.75, 3.05) is 13.1 Å². The number of nitrogens with one attached hydrogen (secondary N) is 1. The van der Waals surface area contributed by atoms with Crippen molar-refractivity contribution in [2.24, 2.45) is 5.41 Å². The molecule has 0 spiro atoms. The normalized spacial score (nSPS) is 20.2. The second kappa shape index (κ2) is 6.95. The number of fused-ring (bicyclic) bond motifs is 1. The number of hydrogen-bond acceptors (Lipinski definition) is 5. The molecule has 0 radical (unpaired) electrons. The molecular formula is C18H22N2O6S. The lowest BCUT2D eigenvalue weighted by atomic mass is 9.74. The predicted octanol–water partition coefficient (Wildman–Crippen LogP) is 1.62. The summed E-state index contributed by atoms with van der Waals surface area (Å²) in [5, 5.41) is 12.2. The Morgan fingerprint density at radius 3 is 2.48 bits per heavy atom. The van der Waals surface area contributed by atoms with E-state index in [4.69, 9.17) is 0 Å². The van der Waals surface area contributed by atoms with Crippen LogP contribution in [0.1, 0.15) is 59.7 Å². The molecule has 146 valence electrons. The van der Waals surface area contributed by atoms with Crippen LogP contribution in [-0.2, 0) is 14.8 Å². The summed E-state index contributed by atoms with van der Waals surface area (Å²) in [4.78, 5) is 36.2. The van der Waals surface area contributed by atoms with Crippen LogP contribution in [-0.4, -0.2) is 48.7 Å². The molecule has 9 heteroatoms. The van der Waals surface area contributed by atoms with Crippen molar-refractivity contribution in [1.82, 2.24) is 9.62 Å². The molecular weight excluding hydrogens is 372 g/mol. The zero-order valence-corrected chi connectivity index (χ0v) is 15.8. The van der Waals surface area contributed by atoms with Crippen molar-refractivity contribution >= 4 is 27.8 Å². The Morgan fingerprint density at radius 2 is 1.89 bits per heavy atom. The highest BCUT2D eigenvalue weighted by atomic mass is 32.2. The zero-order valence-electron chi connectivity index (χ0n) is 15.0. The van der Waals surface area contributed by atoms with Gasteiger partial charge in [-0.1, -0.05) is 19.3 Å². The van der Waals surface area contributed by atoms with Crippen LogP contribution in [0.5, 0.6) is 0 Å². The lowest BCUT2D eigenvalue weighted by molar-refractivity contribution is -0.150. The van der Waals surface area contributed by atoms with Gasteiger partial charge in [0.2, 0.25) is 0 Å². The van der Waals surface area contributed by atoms with E-state index in [-0.39, 0.29) is 29.1 Å². The van der Waals surface area contributed by atoms with Gasteiger partial charge >= 0.3 is 5.97 Å². The van der Waals surface area contributed by atoms with Gasteiger partial charge in [-0.05, 0) is 38.0 Å². The van der Waals surface area contributed by atoms with Crippen LogP contribution in [0.4, 0.5) is 0 Å². The second-order valence-corrected chi connectivity index (χ2v) is 8.85. The number of carbonyl (C=O) groups excluding carboxylic acids is 2. The molecule has 0 atom stereocenters.